The minimum absolute atomic E-state index is 0.226. The Morgan fingerprint density at radius 1 is 1.00 bits per heavy atom. The third-order valence-electron chi connectivity index (χ3n) is 5.71. The first kappa shape index (κ1) is 20.2. The zero-order chi connectivity index (χ0) is 22.1. The van der Waals surface area contributed by atoms with Gasteiger partial charge in [0.25, 0.3) is 11.6 Å². The second-order valence-electron chi connectivity index (χ2n) is 7.97. The van der Waals surface area contributed by atoms with Crippen molar-refractivity contribution in [1.82, 2.24) is 10.1 Å². The number of hydrogen-bond donors (Lipinski definition) is 1. The molecule has 162 valence electrons. The van der Waals surface area contributed by atoms with Crippen molar-refractivity contribution in [3.8, 4) is 11.3 Å². The fourth-order valence-corrected chi connectivity index (χ4v) is 3.92. The molecule has 0 spiro atoms. The van der Waals surface area contributed by atoms with Gasteiger partial charge in [-0.15, -0.1) is 0 Å². The van der Waals surface area contributed by atoms with Gasteiger partial charge in [-0.1, -0.05) is 35.0 Å². The molecule has 0 aliphatic carbocycles. The van der Waals surface area contributed by atoms with Gasteiger partial charge in [0.15, 0.2) is 0 Å². The number of carbonyl (C=O) groups excluding carboxylic acids is 1. The fraction of sp³-hybridized carbons (Fsp3) is 0.240. The predicted octanol–water partition coefficient (Wildman–Crippen LogP) is 4.60. The molecule has 5 rings (SSSR count). The van der Waals surface area contributed by atoms with Crippen molar-refractivity contribution in [2.45, 2.75) is 13.8 Å². The molecule has 2 aromatic carbocycles. The lowest BCUT2D eigenvalue weighted by atomic mass is 10.0. The third kappa shape index (κ3) is 3.94. The molecule has 1 amide bonds. The summed E-state index contributed by atoms with van der Waals surface area (Å²) < 4.78 is 10.8. The number of pyridine rings is 1. The maximum atomic E-state index is 13.3. The van der Waals surface area contributed by atoms with Crippen molar-refractivity contribution >= 4 is 28.4 Å². The lowest BCUT2D eigenvalue weighted by Crippen LogP contribution is -2.36. The molecule has 4 aromatic rings. The molecule has 0 radical (unpaired) electrons. The number of rotatable bonds is 4. The van der Waals surface area contributed by atoms with E-state index < -0.39 is 0 Å². The van der Waals surface area contributed by atoms with Gasteiger partial charge in [0.1, 0.15) is 0 Å². The number of anilines is 2. The lowest BCUT2D eigenvalue weighted by Gasteiger charge is -2.28. The van der Waals surface area contributed by atoms with Crippen molar-refractivity contribution in [1.29, 1.82) is 0 Å². The van der Waals surface area contributed by atoms with Crippen molar-refractivity contribution in [2.75, 3.05) is 36.5 Å². The number of fused-ring (bicyclic) bond motifs is 1. The Labute approximate surface area is 186 Å². The van der Waals surface area contributed by atoms with Crippen LogP contribution < -0.4 is 10.2 Å². The monoisotopic (exact) mass is 428 g/mol. The number of amides is 1. The number of aryl methyl sites for hydroxylation is 2. The van der Waals surface area contributed by atoms with E-state index in [-0.39, 0.29) is 5.91 Å². The van der Waals surface area contributed by atoms with Crippen molar-refractivity contribution in [2.24, 2.45) is 0 Å². The number of ether oxygens (including phenoxy) is 1. The van der Waals surface area contributed by atoms with Crippen LogP contribution in [0.5, 0.6) is 0 Å². The standard InChI is InChI=1S/C25H24N4O3/c1-16-3-5-18(6-4-16)22-15-21(23-17(2)28-32-25(23)27-22)24(30)26-19-7-9-20(10-8-19)29-11-13-31-14-12-29/h3-10,15H,11-14H2,1-2H3,(H,26,30). The Morgan fingerprint density at radius 3 is 2.44 bits per heavy atom. The van der Waals surface area contributed by atoms with Crippen LogP contribution in [0.15, 0.2) is 59.1 Å². The minimum Gasteiger partial charge on any atom is -0.378 e. The van der Waals surface area contributed by atoms with Crippen LogP contribution in [0, 0.1) is 13.8 Å². The molecule has 0 saturated carbocycles. The Bertz CT molecular complexity index is 1260. The number of aromatic nitrogens is 2. The largest absolute Gasteiger partial charge is 0.378 e. The highest BCUT2D eigenvalue weighted by atomic mass is 16.5. The molecular weight excluding hydrogens is 404 g/mol. The molecule has 1 N–H and O–H groups in total. The van der Waals surface area contributed by atoms with Crippen LogP contribution in [-0.4, -0.2) is 42.4 Å². The third-order valence-corrected chi connectivity index (χ3v) is 5.71. The molecule has 2 aromatic heterocycles. The topological polar surface area (TPSA) is 80.5 Å². The molecule has 3 heterocycles. The average molecular weight is 428 g/mol. The molecule has 1 aliphatic heterocycles. The van der Waals surface area contributed by atoms with E-state index in [4.69, 9.17) is 9.26 Å². The highest BCUT2D eigenvalue weighted by Gasteiger charge is 2.20. The van der Waals surface area contributed by atoms with E-state index in [1.807, 2.05) is 62.4 Å². The molecule has 7 nitrogen and oxygen atoms in total. The van der Waals surface area contributed by atoms with Crippen LogP contribution in [0.4, 0.5) is 11.4 Å². The molecule has 1 aliphatic rings. The Kier molecular flexibility index (Phi) is 5.33. The van der Waals surface area contributed by atoms with Gasteiger partial charge >= 0.3 is 0 Å². The minimum atomic E-state index is -0.226. The summed E-state index contributed by atoms with van der Waals surface area (Å²) >= 11 is 0. The predicted molar refractivity (Wildman–Crippen MR) is 124 cm³/mol. The second-order valence-corrected chi connectivity index (χ2v) is 7.97. The summed E-state index contributed by atoms with van der Waals surface area (Å²) in [6.45, 7) is 7.05. The average Bonchev–Trinajstić information content (AvgIpc) is 3.20. The number of hydrogen-bond acceptors (Lipinski definition) is 6. The molecule has 0 bridgehead atoms. The Morgan fingerprint density at radius 2 is 1.72 bits per heavy atom. The van der Waals surface area contributed by atoms with Gasteiger partial charge < -0.3 is 19.5 Å². The highest BCUT2D eigenvalue weighted by molar-refractivity contribution is 6.13. The van der Waals surface area contributed by atoms with E-state index >= 15 is 0 Å². The van der Waals surface area contributed by atoms with Crippen LogP contribution in [0.3, 0.4) is 0 Å². The summed E-state index contributed by atoms with van der Waals surface area (Å²) in [5.74, 6) is -0.226. The zero-order valence-corrected chi connectivity index (χ0v) is 18.1. The van der Waals surface area contributed by atoms with Crippen LogP contribution in [0.1, 0.15) is 21.6 Å². The molecule has 7 heteroatoms. The van der Waals surface area contributed by atoms with Gasteiger partial charge in [0.05, 0.1) is 35.6 Å². The number of nitrogens with one attached hydrogen (secondary N) is 1. The summed E-state index contributed by atoms with van der Waals surface area (Å²) in [5.41, 5.74) is 6.06. The Hall–Kier alpha value is -3.71. The molecule has 0 unspecified atom stereocenters. The van der Waals surface area contributed by atoms with E-state index in [1.54, 1.807) is 6.07 Å². The zero-order valence-electron chi connectivity index (χ0n) is 18.1. The number of carbonyl (C=O) groups is 1. The number of morpholine rings is 1. The quantitative estimate of drug-likeness (QED) is 0.512. The van der Waals surface area contributed by atoms with Gasteiger partial charge in [0.2, 0.25) is 0 Å². The van der Waals surface area contributed by atoms with Crippen molar-refractivity contribution in [3.63, 3.8) is 0 Å². The molecule has 1 saturated heterocycles. The van der Waals surface area contributed by atoms with Gasteiger partial charge in [-0.05, 0) is 44.2 Å². The summed E-state index contributed by atoms with van der Waals surface area (Å²) in [7, 11) is 0. The van der Waals surface area contributed by atoms with Crippen LogP contribution >= 0.6 is 0 Å². The summed E-state index contributed by atoms with van der Waals surface area (Å²) in [6.07, 6.45) is 0. The van der Waals surface area contributed by atoms with Gasteiger partial charge in [-0.3, -0.25) is 4.79 Å². The Balaban J connectivity index is 1.44. The second kappa shape index (κ2) is 8.43. The first-order valence-corrected chi connectivity index (χ1v) is 10.7. The van der Waals surface area contributed by atoms with E-state index in [1.165, 1.54) is 0 Å². The first-order valence-electron chi connectivity index (χ1n) is 10.7. The van der Waals surface area contributed by atoms with E-state index in [0.29, 0.717) is 28.1 Å². The van der Waals surface area contributed by atoms with Crippen molar-refractivity contribution in [3.05, 3.63) is 71.4 Å². The maximum absolute atomic E-state index is 13.3. The van der Waals surface area contributed by atoms with Gasteiger partial charge in [-0.2, -0.15) is 0 Å². The van der Waals surface area contributed by atoms with Gasteiger partial charge in [-0.25, -0.2) is 4.98 Å². The number of nitrogens with zero attached hydrogens (tertiary/aromatic N) is 3. The molecule has 1 fully saturated rings. The normalized spacial score (nSPS) is 14.0. The SMILES string of the molecule is Cc1ccc(-c2cc(C(=O)Nc3ccc(N4CCOCC4)cc3)c3c(C)noc3n2)cc1. The first-order chi connectivity index (χ1) is 15.6. The molecule has 32 heavy (non-hydrogen) atoms. The summed E-state index contributed by atoms with van der Waals surface area (Å²) in [4.78, 5) is 20.1. The lowest BCUT2D eigenvalue weighted by molar-refractivity contribution is 0.102. The maximum Gasteiger partial charge on any atom is 0.259 e. The van der Waals surface area contributed by atoms with E-state index in [0.717, 1.165) is 48.8 Å². The smallest absolute Gasteiger partial charge is 0.259 e. The fourth-order valence-electron chi connectivity index (χ4n) is 3.92. The highest BCUT2D eigenvalue weighted by Crippen LogP contribution is 2.28. The molecular formula is C25H24N4O3. The molecule has 0 atom stereocenters. The van der Waals surface area contributed by atoms with E-state index in [9.17, 15) is 4.79 Å². The van der Waals surface area contributed by atoms with Crippen LogP contribution in [-0.2, 0) is 4.74 Å². The number of benzene rings is 2. The van der Waals surface area contributed by atoms with Gasteiger partial charge in [0, 0.05) is 30.0 Å². The van der Waals surface area contributed by atoms with E-state index in [2.05, 4.69) is 20.4 Å². The summed E-state index contributed by atoms with van der Waals surface area (Å²) in [6, 6.07) is 17.7. The van der Waals surface area contributed by atoms with Crippen molar-refractivity contribution < 1.29 is 14.1 Å². The summed E-state index contributed by atoms with van der Waals surface area (Å²) in [5, 5.41) is 7.66. The van der Waals surface area contributed by atoms with Crippen LogP contribution in [0.25, 0.3) is 22.4 Å². The van der Waals surface area contributed by atoms with Crippen LogP contribution in [0.2, 0.25) is 0 Å².